The maximum atomic E-state index is 12.5. The number of amides is 1. The number of nitrogens with zero attached hydrogens (tertiary/aromatic N) is 4. The highest BCUT2D eigenvalue weighted by Gasteiger charge is 2.43. The summed E-state index contributed by atoms with van der Waals surface area (Å²) in [6.07, 6.45) is 3.96. The second kappa shape index (κ2) is 8.82. The molecule has 2 N–H and O–H groups in total. The van der Waals surface area contributed by atoms with Crippen LogP contribution in [0.15, 0.2) is 59.7 Å². The van der Waals surface area contributed by atoms with Crippen molar-refractivity contribution >= 4 is 15.7 Å². The first-order chi connectivity index (χ1) is 14.6. The van der Waals surface area contributed by atoms with Crippen LogP contribution in [-0.2, 0) is 27.7 Å². The van der Waals surface area contributed by atoms with E-state index >= 15 is 0 Å². The second-order valence-corrected chi connectivity index (χ2v) is 9.87. The monoisotopic (exact) mass is 445 g/mol. The molecule has 1 unspecified atom stereocenters. The molecule has 10 nitrogen and oxygen atoms in total. The van der Waals surface area contributed by atoms with Crippen LogP contribution in [0.1, 0.15) is 18.9 Å². The number of hydrogen-bond acceptors (Lipinski definition) is 7. The molecule has 0 radical (unpaired) electrons. The van der Waals surface area contributed by atoms with Gasteiger partial charge >= 0.3 is 0 Å². The third kappa shape index (κ3) is 4.89. The van der Waals surface area contributed by atoms with Gasteiger partial charge in [0.05, 0.1) is 12.7 Å². The zero-order chi connectivity index (χ0) is 22.6. The average molecular weight is 446 g/mol. The fourth-order valence-corrected chi connectivity index (χ4v) is 3.89. The normalized spacial score (nSPS) is 13.5. The lowest BCUT2D eigenvalue weighted by molar-refractivity contribution is -0.131. The topological polar surface area (TPSA) is 136 Å². The third-order valence-electron chi connectivity index (χ3n) is 5.25. The minimum absolute atomic E-state index is 0.0310. The van der Waals surface area contributed by atoms with Gasteiger partial charge in [0.2, 0.25) is 0 Å². The van der Waals surface area contributed by atoms with Gasteiger partial charge in [0.15, 0.2) is 14.6 Å². The van der Waals surface area contributed by atoms with Gasteiger partial charge in [-0.15, -0.1) is 5.10 Å². The lowest BCUT2D eigenvalue weighted by Gasteiger charge is -2.25. The molecule has 31 heavy (non-hydrogen) atoms. The van der Waals surface area contributed by atoms with Crippen molar-refractivity contribution in [3.8, 4) is 11.3 Å². The van der Waals surface area contributed by atoms with Gasteiger partial charge in [-0.25, -0.2) is 18.6 Å². The number of aryl methyl sites for hydroxylation is 1. The van der Waals surface area contributed by atoms with E-state index in [1.54, 1.807) is 16.9 Å². The van der Waals surface area contributed by atoms with Crippen LogP contribution in [0.25, 0.3) is 11.3 Å². The van der Waals surface area contributed by atoms with Crippen LogP contribution in [-0.4, -0.2) is 50.1 Å². The van der Waals surface area contributed by atoms with Crippen LogP contribution >= 0.6 is 0 Å². The van der Waals surface area contributed by atoms with Gasteiger partial charge in [-0.1, -0.05) is 35.5 Å². The summed E-state index contributed by atoms with van der Waals surface area (Å²) in [5.74, 6) is -1.05. The molecule has 0 spiro atoms. The molecule has 0 aliphatic carbocycles. The minimum Gasteiger partial charge on any atom is -0.315 e. The van der Waals surface area contributed by atoms with Crippen LogP contribution in [0.2, 0.25) is 0 Å². The van der Waals surface area contributed by atoms with Gasteiger partial charge < -0.3 is 4.57 Å². The number of aromatic nitrogens is 4. The van der Waals surface area contributed by atoms with Crippen LogP contribution < -0.4 is 11.0 Å². The van der Waals surface area contributed by atoms with Crippen molar-refractivity contribution in [2.75, 3.05) is 6.26 Å². The van der Waals surface area contributed by atoms with E-state index < -0.39 is 20.5 Å². The highest BCUT2D eigenvalue weighted by Crippen LogP contribution is 2.22. The molecule has 2 aromatic heterocycles. The standard InChI is InChI=1S/C20H23N5O5S/c1-20(19(27)22-28,31(2,29)30)9-11-24-10-8-16(12-18(24)26)17-14-25(23-21-17)13-15-6-4-3-5-7-15/h3-8,10,12,14,28H,9,11,13H2,1-2H3,(H,22,27). The number of hydroxylamine groups is 1. The SMILES string of the molecule is CC(CCn1ccc(-c2cn(Cc3ccccc3)nn2)cc1=O)(C(=O)NO)S(C)(=O)=O. The Morgan fingerprint density at radius 2 is 1.94 bits per heavy atom. The Balaban J connectivity index is 1.76. The molecule has 1 aromatic carbocycles. The fourth-order valence-electron chi connectivity index (χ4n) is 3.05. The molecule has 0 saturated carbocycles. The van der Waals surface area contributed by atoms with E-state index in [-0.39, 0.29) is 18.5 Å². The Kier molecular flexibility index (Phi) is 6.37. The number of carbonyl (C=O) groups excluding carboxylic acids is 1. The molecular formula is C20H23N5O5S. The molecule has 0 bridgehead atoms. The molecule has 164 valence electrons. The fraction of sp³-hybridized carbons (Fsp3) is 0.300. The van der Waals surface area contributed by atoms with Gasteiger partial charge in [-0.3, -0.25) is 14.8 Å². The molecule has 0 aliphatic heterocycles. The van der Waals surface area contributed by atoms with E-state index in [1.807, 2.05) is 30.3 Å². The predicted molar refractivity (Wildman–Crippen MR) is 113 cm³/mol. The summed E-state index contributed by atoms with van der Waals surface area (Å²) in [5.41, 5.74) is 3.17. The Hall–Kier alpha value is -3.31. The van der Waals surface area contributed by atoms with Crippen molar-refractivity contribution < 1.29 is 18.4 Å². The maximum Gasteiger partial charge on any atom is 0.264 e. The molecule has 3 rings (SSSR count). The molecule has 0 saturated heterocycles. The van der Waals surface area contributed by atoms with Crippen molar-refractivity contribution in [3.05, 3.63) is 70.8 Å². The number of rotatable bonds is 8. The first-order valence-corrected chi connectivity index (χ1v) is 11.3. The van der Waals surface area contributed by atoms with Crippen LogP contribution in [0.5, 0.6) is 0 Å². The second-order valence-electron chi connectivity index (χ2n) is 7.43. The lowest BCUT2D eigenvalue weighted by Crippen LogP contribution is -2.49. The summed E-state index contributed by atoms with van der Waals surface area (Å²) in [5, 5.41) is 17.1. The summed E-state index contributed by atoms with van der Waals surface area (Å²) < 4.78 is 25.2. The smallest absolute Gasteiger partial charge is 0.264 e. The van der Waals surface area contributed by atoms with Crippen LogP contribution in [0, 0.1) is 0 Å². The van der Waals surface area contributed by atoms with E-state index in [0.29, 0.717) is 17.8 Å². The highest BCUT2D eigenvalue weighted by molar-refractivity contribution is 7.92. The summed E-state index contributed by atoms with van der Waals surface area (Å²) in [6, 6.07) is 12.8. The Morgan fingerprint density at radius 3 is 2.55 bits per heavy atom. The van der Waals surface area contributed by atoms with Crippen molar-refractivity contribution in [2.24, 2.45) is 0 Å². The van der Waals surface area contributed by atoms with E-state index in [1.165, 1.54) is 29.2 Å². The van der Waals surface area contributed by atoms with Gasteiger partial charge in [0, 0.05) is 30.6 Å². The number of pyridine rings is 1. The number of benzene rings is 1. The van der Waals surface area contributed by atoms with Gasteiger partial charge in [0.25, 0.3) is 11.5 Å². The highest BCUT2D eigenvalue weighted by atomic mass is 32.2. The molecule has 2 heterocycles. The minimum atomic E-state index is -3.84. The van der Waals surface area contributed by atoms with Crippen molar-refractivity contribution in [1.29, 1.82) is 0 Å². The number of nitrogens with one attached hydrogen (secondary N) is 1. The first-order valence-electron chi connectivity index (χ1n) is 9.43. The van der Waals surface area contributed by atoms with Crippen LogP contribution in [0.3, 0.4) is 0 Å². The van der Waals surface area contributed by atoms with E-state index in [2.05, 4.69) is 10.3 Å². The Bertz CT molecular complexity index is 1240. The molecule has 11 heteroatoms. The molecule has 1 amide bonds. The molecule has 3 aromatic rings. The molecular weight excluding hydrogens is 422 g/mol. The first kappa shape index (κ1) is 22.4. The Morgan fingerprint density at radius 1 is 1.23 bits per heavy atom. The van der Waals surface area contributed by atoms with Gasteiger partial charge in [0.1, 0.15) is 5.69 Å². The van der Waals surface area contributed by atoms with Crippen molar-refractivity contribution in [2.45, 2.75) is 31.2 Å². The molecule has 1 atom stereocenters. The zero-order valence-electron chi connectivity index (χ0n) is 17.1. The number of carbonyl (C=O) groups is 1. The number of sulfone groups is 1. The summed E-state index contributed by atoms with van der Waals surface area (Å²) >= 11 is 0. The largest absolute Gasteiger partial charge is 0.315 e. The quantitative estimate of drug-likeness (QED) is 0.387. The van der Waals surface area contributed by atoms with Gasteiger partial charge in [-0.05, 0) is 25.0 Å². The molecule has 0 aliphatic rings. The summed E-state index contributed by atoms with van der Waals surface area (Å²) in [6.45, 7) is 1.72. The van der Waals surface area contributed by atoms with Crippen molar-refractivity contribution in [3.63, 3.8) is 0 Å². The summed E-state index contributed by atoms with van der Waals surface area (Å²) in [7, 11) is -3.84. The zero-order valence-corrected chi connectivity index (χ0v) is 17.9. The predicted octanol–water partition coefficient (Wildman–Crippen LogP) is 0.854. The Labute approximate surface area is 179 Å². The lowest BCUT2D eigenvalue weighted by atomic mass is 10.1. The van der Waals surface area contributed by atoms with Gasteiger partial charge in [-0.2, -0.15) is 0 Å². The maximum absolute atomic E-state index is 12.5. The summed E-state index contributed by atoms with van der Waals surface area (Å²) in [4.78, 5) is 24.4. The molecule has 0 fully saturated rings. The average Bonchev–Trinajstić information content (AvgIpc) is 3.20. The van der Waals surface area contributed by atoms with Crippen molar-refractivity contribution in [1.82, 2.24) is 25.0 Å². The number of hydrogen-bond donors (Lipinski definition) is 2. The third-order valence-corrected chi connectivity index (χ3v) is 7.27. The van der Waals surface area contributed by atoms with E-state index in [4.69, 9.17) is 5.21 Å². The van der Waals surface area contributed by atoms with E-state index in [9.17, 15) is 18.0 Å². The van der Waals surface area contributed by atoms with E-state index in [0.717, 1.165) is 11.8 Å². The van der Waals surface area contributed by atoms with Crippen LogP contribution in [0.4, 0.5) is 0 Å².